The number of hydrogen-bond acceptors (Lipinski definition) is 5. The molecule has 4 aromatic heterocycles. The Hall–Kier alpha value is -2.83. The van der Waals surface area contributed by atoms with Crippen LogP contribution in [-0.4, -0.2) is 19.4 Å². The highest BCUT2D eigenvalue weighted by atomic mass is 35.5. The van der Waals surface area contributed by atoms with Crippen LogP contribution in [0.1, 0.15) is 11.3 Å². The normalized spacial score (nSPS) is 11.4. The zero-order valence-electron chi connectivity index (χ0n) is 12.8. The van der Waals surface area contributed by atoms with Crippen LogP contribution in [0.2, 0.25) is 5.02 Å². The Kier molecular flexibility index (Phi) is 4.13. The van der Waals surface area contributed by atoms with Crippen LogP contribution in [0.25, 0.3) is 28.4 Å². The van der Waals surface area contributed by atoms with E-state index in [1.54, 1.807) is 30.9 Å². The lowest BCUT2D eigenvalue weighted by Gasteiger charge is -2.03. The van der Waals surface area contributed by atoms with Crippen LogP contribution >= 0.6 is 22.9 Å². The van der Waals surface area contributed by atoms with Crippen molar-refractivity contribution in [2.24, 2.45) is 0 Å². The average Bonchev–Trinajstić information content (AvgIpc) is 3.09. The third kappa shape index (κ3) is 2.97. The largest absolute Gasteiger partial charge is 0.278 e. The van der Waals surface area contributed by atoms with Crippen molar-refractivity contribution >= 4 is 40.1 Å². The molecule has 4 aromatic rings. The van der Waals surface area contributed by atoms with Crippen molar-refractivity contribution in [1.82, 2.24) is 19.4 Å². The molecule has 0 N–H and O–H groups in total. The molecule has 4 rings (SSSR count). The van der Waals surface area contributed by atoms with Crippen LogP contribution in [0.15, 0.2) is 59.2 Å². The van der Waals surface area contributed by atoms with Crippen molar-refractivity contribution in [3.05, 3.63) is 81.1 Å². The van der Waals surface area contributed by atoms with Crippen LogP contribution in [0.4, 0.5) is 0 Å². The Morgan fingerprint density at radius 2 is 1.88 bits per heavy atom. The van der Waals surface area contributed by atoms with Gasteiger partial charge in [0.25, 0.3) is 5.56 Å². The Balaban J connectivity index is 1.84. The number of fused-ring (bicyclic) bond motifs is 1. The Morgan fingerprint density at radius 1 is 1.08 bits per heavy atom. The Morgan fingerprint density at radius 3 is 2.60 bits per heavy atom. The minimum Gasteiger partial charge on any atom is -0.267 e. The van der Waals surface area contributed by atoms with E-state index in [2.05, 4.69) is 15.0 Å². The summed E-state index contributed by atoms with van der Waals surface area (Å²) in [6.07, 6.45) is 10.4. The standard InChI is InChI=1S/C18H11ClN4OS/c19-16-14(6-5-12-3-1-7-20-9-12)22-18-23(17(16)24)15(11-25-18)13-4-2-8-21-10-13/h1-11H. The van der Waals surface area contributed by atoms with Crippen molar-refractivity contribution < 1.29 is 0 Å². The highest BCUT2D eigenvalue weighted by Crippen LogP contribution is 2.25. The molecule has 0 radical (unpaired) electrons. The summed E-state index contributed by atoms with van der Waals surface area (Å²) in [5.74, 6) is 0. The first-order valence-electron chi connectivity index (χ1n) is 7.42. The van der Waals surface area contributed by atoms with Crippen LogP contribution in [0.3, 0.4) is 0 Å². The van der Waals surface area contributed by atoms with Crippen LogP contribution in [0.5, 0.6) is 0 Å². The molecule has 0 spiro atoms. The molecule has 7 heteroatoms. The summed E-state index contributed by atoms with van der Waals surface area (Å²) in [5.41, 5.74) is 2.62. The maximum absolute atomic E-state index is 12.7. The zero-order chi connectivity index (χ0) is 17.2. The van der Waals surface area contributed by atoms with Gasteiger partial charge in [0.2, 0.25) is 0 Å². The van der Waals surface area contributed by atoms with Gasteiger partial charge in [0, 0.05) is 35.7 Å². The minimum absolute atomic E-state index is 0.0844. The van der Waals surface area contributed by atoms with E-state index in [0.29, 0.717) is 10.7 Å². The maximum Gasteiger partial charge on any atom is 0.278 e. The SMILES string of the molecule is O=c1c(Cl)c(C=Cc2cccnc2)nc2scc(-c3cccnc3)n12. The van der Waals surface area contributed by atoms with Gasteiger partial charge in [-0.25, -0.2) is 9.38 Å². The van der Waals surface area contributed by atoms with Gasteiger partial charge in [-0.2, -0.15) is 0 Å². The Labute approximate surface area is 151 Å². The minimum atomic E-state index is -0.294. The molecule has 25 heavy (non-hydrogen) atoms. The van der Waals surface area contributed by atoms with Gasteiger partial charge in [-0.1, -0.05) is 23.7 Å². The van der Waals surface area contributed by atoms with Gasteiger partial charge in [0.15, 0.2) is 4.96 Å². The molecule has 0 aliphatic heterocycles. The second-order valence-corrected chi connectivity index (χ2v) is 6.43. The van der Waals surface area contributed by atoms with Crippen molar-refractivity contribution in [2.45, 2.75) is 0 Å². The number of pyridine rings is 2. The lowest BCUT2D eigenvalue weighted by molar-refractivity contribution is 1.07. The summed E-state index contributed by atoms with van der Waals surface area (Å²) in [5, 5.41) is 1.97. The monoisotopic (exact) mass is 366 g/mol. The van der Waals surface area contributed by atoms with E-state index in [4.69, 9.17) is 11.6 Å². The number of aromatic nitrogens is 4. The summed E-state index contributed by atoms with van der Waals surface area (Å²) < 4.78 is 1.52. The van der Waals surface area contributed by atoms with E-state index in [9.17, 15) is 4.79 Å². The summed E-state index contributed by atoms with van der Waals surface area (Å²) in [6.45, 7) is 0. The quantitative estimate of drug-likeness (QED) is 0.549. The first-order chi connectivity index (χ1) is 12.2. The van der Waals surface area contributed by atoms with Gasteiger partial charge in [-0.15, -0.1) is 11.3 Å². The van der Waals surface area contributed by atoms with Crippen molar-refractivity contribution in [2.75, 3.05) is 0 Å². The molecule has 0 aliphatic carbocycles. The fraction of sp³-hybridized carbons (Fsp3) is 0. The fourth-order valence-corrected chi connectivity index (χ4v) is 3.51. The van der Waals surface area contributed by atoms with Crippen LogP contribution in [0, 0.1) is 0 Å². The number of nitrogens with zero attached hydrogens (tertiary/aromatic N) is 4. The Bertz CT molecular complexity index is 1120. The van der Waals surface area contributed by atoms with E-state index >= 15 is 0 Å². The van der Waals surface area contributed by atoms with E-state index in [-0.39, 0.29) is 10.6 Å². The molecule has 4 heterocycles. The summed E-state index contributed by atoms with van der Waals surface area (Å²) in [6, 6.07) is 7.47. The van der Waals surface area contributed by atoms with Gasteiger partial charge < -0.3 is 0 Å². The molecule has 0 bridgehead atoms. The van der Waals surface area contributed by atoms with Gasteiger partial charge >= 0.3 is 0 Å². The molecule has 0 fully saturated rings. The molecular formula is C18H11ClN4OS. The van der Waals surface area contributed by atoms with Gasteiger partial charge in [-0.05, 0) is 29.8 Å². The molecular weight excluding hydrogens is 356 g/mol. The molecule has 0 amide bonds. The molecule has 0 aromatic carbocycles. The van der Waals surface area contributed by atoms with Gasteiger partial charge in [0.05, 0.1) is 11.4 Å². The summed E-state index contributed by atoms with van der Waals surface area (Å²) in [7, 11) is 0. The highest BCUT2D eigenvalue weighted by Gasteiger charge is 2.14. The summed E-state index contributed by atoms with van der Waals surface area (Å²) >= 11 is 7.67. The molecule has 5 nitrogen and oxygen atoms in total. The molecule has 0 atom stereocenters. The van der Waals surface area contributed by atoms with Crippen molar-refractivity contribution in [3.63, 3.8) is 0 Å². The van der Waals surface area contributed by atoms with E-state index in [1.165, 1.54) is 15.7 Å². The van der Waals surface area contributed by atoms with Crippen LogP contribution in [-0.2, 0) is 0 Å². The predicted molar refractivity (Wildman–Crippen MR) is 101 cm³/mol. The highest BCUT2D eigenvalue weighted by molar-refractivity contribution is 7.15. The molecule has 0 saturated heterocycles. The zero-order valence-corrected chi connectivity index (χ0v) is 14.4. The molecule has 0 aliphatic rings. The predicted octanol–water partition coefficient (Wildman–Crippen LogP) is 4.04. The lowest BCUT2D eigenvalue weighted by atomic mass is 10.2. The van der Waals surface area contributed by atoms with Crippen LogP contribution < -0.4 is 5.56 Å². The molecule has 0 saturated carbocycles. The van der Waals surface area contributed by atoms with E-state index in [0.717, 1.165) is 16.8 Å². The van der Waals surface area contributed by atoms with Crippen molar-refractivity contribution in [1.29, 1.82) is 0 Å². The lowest BCUT2D eigenvalue weighted by Crippen LogP contribution is -2.16. The van der Waals surface area contributed by atoms with Gasteiger partial charge in [-0.3, -0.25) is 14.8 Å². The fourth-order valence-electron chi connectivity index (χ4n) is 2.42. The molecule has 122 valence electrons. The topological polar surface area (TPSA) is 60.2 Å². The molecule has 0 unspecified atom stereocenters. The van der Waals surface area contributed by atoms with E-state index < -0.39 is 0 Å². The smallest absolute Gasteiger partial charge is 0.267 e. The number of thiazole rings is 1. The number of rotatable bonds is 3. The van der Waals surface area contributed by atoms with Gasteiger partial charge in [0.1, 0.15) is 5.02 Å². The maximum atomic E-state index is 12.7. The second kappa shape index (κ2) is 6.58. The first-order valence-corrected chi connectivity index (χ1v) is 8.68. The third-order valence-corrected chi connectivity index (χ3v) is 4.80. The first kappa shape index (κ1) is 15.7. The second-order valence-electron chi connectivity index (χ2n) is 5.22. The van der Waals surface area contributed by atoms with Crippen molar-refractivity contribution in [3.8, 4) is 11.3 Å². The number of hydrogen-bond donors (Lipinski definition) is 0. The summed E-state index contributed by atoms with van der Waals surface area (Å²) in [4.78, 5) is 26.0. The average molecular weight is 367 g/mol. The van der Waals surface area contributed by atoms with E-state index in [1.807, 2.05) is 35.7 Å². The number of halogens is 1. The third-order valence-electron chi connectivity index (χ3n) is 3.62.